The van der Waals surface area contributed by atoms with Gasteiger partial charge >= 0.3 is 29.8 Å². The lowest BCUT2D eigenvalue weighted by molar-refractivity contribution is -0.165. The molecule has 0 spiro atoms. The number of allylic oxidation sites excluding steroid dienone is 6. The Morgan fingerprint density at radius 3 is 2.25 bits per heavy atom. The summed E-state index contributed by atoms with van der Waals surface area (Å²) in [6.45, 7) is 21.6. The molecule has 0 aromatic carbocycles. The molecule has 0 bridgehead atoms. The Kier molecular flexibility index (Phi) is 19.9. The third-order valence-corrected chi connectivity index (χ3v) is 9.50. The van der Waals surface area contributed by atoms with Crippen LogP contribution in [0.2, 0.25) is 0 Å². The van der Waals surface area contributed by atoms with E-state index in [-0.39, 0.29) is 53.8 Å². The third-order valence-electron chi connectivity index (χ3n) is 9.50. The average molecular weight is 779 g/mol. The summed E-state index contributed by atoms with van der Waals surface area (Å²) in [6.07, 6.45) is 9.18. The largest absolute Gasteiger partial charge is 0.462 e. The van der Waals surface area contributed by atoms with Crippen LogP contribution in [0.3, 0.4) is 0 Å². The molecule has 1 heterocycles. The minimum absolute atomic E-state index is 0.0149. The van der Waals surface area contributed by atoms with Gasteiger partial charge in [-0.1, -0.05) is 68.5 Å². The molecule has 0 aromatic rings. The molecule has 0 radical (unpaired) electrons. The average Bonchev–Trinajstić information content (AvgIpc) is 3.41. The van der Waals surface area contributed by atoms with Gasteiger partial charge in [-0.3, -0.25) is 14.4 Å². The van der Waals surface area contributed by atoms with Crippen LogP contribution in [0.4, 0.5) is 0 Å². The number of aldehydes is 1. The summed E-state index contributed by atoms with van der Waals surface area (Å²) in [4.78, 5) is 75.7. The molecule has 12 heteroatoms. The van der Waals surface area contributed by atoms with E-state index in [1.165, 1.54) is 13.8 Å². The van der Waals surface area contributed by atoms with Gasteiger partial charge in [-0.2, -0.15) is 0 Å². The van der Waals surface area contributed by atoms with Crippen molar-refractivity contribution in [2.24, 2.45) is 11.8 Å². The lowest BCUT2D eigenvalue weighted by atomic mass is 9.83. The fourth-order valence-electron chi connectivity index (χ4n) is 5.94. The molecule has 1 saturated heterocycles. The molecule has 2 rings (SSSR count). The van der Waals surface area contributed by atoms with Crippen LogP contribution < -0.4 is 0 Å². The first kappa shape index (κ1) is 47.1. The first-order valence-corrected chi connectivity index (χ1v) is 18.9. The second-order valence-corrected chi connectivity index (χ2v) is 14.4. The zero-order valence-electron chi connectivity index (χ0n) is 33.7. The van der Waals surface area contributed by atoms with Crippen LogP contribution in [0.25, 0.3) is 0 Å². The molecule has 1 fully saturated rings. The molecule has 1 aliphatic heterocycles. The Morgan fingerprint density at radius 1 is 0.946 bits per heavy atom. The molecule has 0 amide bonds. The molecule has 0 saturated carbocycles. The molecule has 2 aliphatic rings. The van der Waals surface area contributed by atoms with E-state index in [1.54, 1.807) is 18.2 Å². The van der Waals surface area contributed by atoms with Crippen molar-refractivity contribution in [1.82, 2.24) is 0 Å². The Bertz CT molecular complexity index is 1670. The normalized spacial score (nSPS) is 20.5. The Labute approximate surface area is 330 Å². The topological polar surface area (TPSA) is 169 Å². The maximum Gasteiger partial charge on any atom is 0.336 e. The van der Waals surface area contributed by atoms with Gasteiger partial charge in [-0.05, 0) is 88.9 Å². The molecular weight excluding hydrogens is 720 g/mol. The van der Waals surface area contributed by atoms with Gasteiger partial charge in [-0.25, -0.2) is 14.4 Å². The molecule has 306 valence electrons. The zero-order valence-corrected chi connectivity index (χ0v) is 33.7. The number of rotatable bonds is 20. The predicted octanol–water partition coefficient (Wildman–Crippen LogP) is 6.80. The van der Waals surface area contributed by atoms with Crippen molar-refractivity contribution < 1.29 is 57.6 Å². The van der Waals surface area contributed by atoms with Gasteiger partial charge in [0.15, 0.2) is 12.2 Å². The number of hydrogen-bond donors (Lipinski definition) is 1. The molecule has 4 atom stereocenters. The number of carbonyl (C=O) groups is 6. The quantitative estimate of drug-likeness (QED) is 0.0452. The number of hydrogen-bond acceptors (Lipinski definition) is 12. The minimum Gasteiger partial charge on any atom is -0.462 e. The SMILES string of the molecule is C=C(CO)C(=O)OC1C(OC(=O)C(=CCCC(=CCCC(C)=CCOC(C)=O)COC(C)=O)CCC(=C)C(C)C)C(C=O)=CCCC(C)=CC2OC(=O)C(=C)C21. The maximum atomic E-state index is 14.3. The summed E-state index contributed by atoms with van der Waals surface area (Å²) in [5.74, 6) is -4.23. The summed E-state index contributed by atoms with van der Waals surface area (Å²) in [5, 5.41) is 9.64. The van der Waals surface area contributed by atoms with Crippen LogP contribution in [-0.2, 0) is 52.5 Å². The maximum absolute atomic E-state index is 14.3. The van der Waals surface area contributed by atoms with Gasteiger partial charge in [0.1, 0.15) is 25.6 Å². The molecule has 12 nitrogen and oxygen atoms in total. The van der Waals surface area contributed by atoms with E-state index in [9.17, 15) is 33.9 Å². The van der Waals surface area contributed by atoms with Crippen LogP contribution >= 0.6 is 0 Å². The fourth-order valence-corrected chi connectivity index (χ4v) is 5.94. The summed E-state index contributed by atoms with van der Waals surface area (Å²) < 4.78 is 27.9. The highest BCUT2D eigenvalue weighted by atomic mass is 16.6. The lowest BCUT2D eigenvalue weighted by Crippen LogP contribution is -2.45. The molecule has 1 aliphatic carbocycles. The first-order valence-electron chi connectivity index (χ1n) is 18.9. The number of aliphatic hydroxyl groups excluding tert-OH is 1. The number of esters is 5. The minimum atomic E-state index is -1.49. The number of ether oxygens (including phenoxy) is 5. The Morgan fingerprint density at radius 2 is 1.62 bits per heavy atom. The van der Waals surface area contributed by atoms with E-state index in [0.29, 0.717) is 51.2 Å². The number of aliphatic hydroxyl groups is 1. The van der Waals surface area contributed by atoms with Gasteiger partial charge in [0.2, 0.25) is 0 Å². The monoisotopic (exact) mass is 778 g/mol. The standard InChI is InChI=1S/C44H58O12/c1-27(2)30(5)19-20-36(17-12-16-35(26-53-34(9)48)15-10-13-28(3)21-22-52-33(8)47)44(51)55-40-37(25-46)18-11-14-29(4)23-38-39(32(7)43(50)54-38)41(40)56-42(49)31(6)24-45/h15,17-18,21,23,25,27,38-41,45H,5-7,10-14,16,19-20,22,24,26H2,1-4,8-9H3. The van der Waals surface area contributed by atoms with E-state index >= 15 is 0 Å². The number of carbonyl (C=O) groups excluding carboxylic acids is 6. The smallest absolute Gasteiger partial charge is 0.336 e. The molecule has 0 aromatic heterocycles. The van der Waals surface area contributed by atoms with Gasteiger partial charge in [0.05, 0.1) is 18.1 Å². The fraction of sp³-hybridized carbons (Fsp3) is 0.500. The van der Waals surface area contributed by atoms with E-state index in [4.69, 9.17) is 23.7 Å². The van der Waals surface area contributed by atoms with E-state index < -0.39 is 54.7 Å². The van der Waals surface area contributed by atoms with Crippen LogP contribution in [-0.4, -0.2) is 79.4 Å². The van der Waals surface area contributed by atoms with E-state index in [2.05, 4.69) is 19.7 Å². The summed E-state index contributed by atoms with van der Waals surface area (Å²) >= 11 is 0. The second kappa shape index (κ2) is 23.7. The highest BCUT2D eigenvalue weighted by molar-refractivity contribution is 5.93. The van der Waals surface area contributed by atoms with Gasteiger partial charge in [-0.15, -0.1) is 0 Å². The lowest BCUT2D eigenvalue weighted by Gasteiger charge is -2.33. The summed E-state index contributed by atoms with van der Waals surface area (Å²) in [7, 11) is 0. The van der Waals surface area contributed by atoms with E-state index in [1.807, 2.05) is 39.8 Å². The second-order valence-electron chi connectivity index (χ2n) is 14.4. The van der Waals surface area contributed by atoms with Crippen molar-refractivity contribution in [2.75, 3.05) is 19.8 Å². The third kappa shape index (κ3) is 15.6. The molecule has 4 unspecified atom stereocenters. The van der Waals surface area contributed by atoms with Crippen molar-refractivity contribution in [3.05, 3.63) is 94.7 Å². The summed E-state index contributed by atoms with van der Waals surface area (Å²) in [5.41, 5.74) is 3.57. The van der Waals surface area contributed by atoms with Crippen LogP contribution in [0.15, 0.2) is 94.7 Å². The van der Waals surface area contributed by atoms with Gasteiger partial charge in [0, 0.05) is 30.6 Å². The Hall–Kier alpha value is -5.10. The van der Waals surface area contributed by atoms with Crippen LogP contribution in [0.1, 0.15) is 92.9 Å². The van der Waals surface area contributed by atoms with Crippen molar-refractivity contribution >= 4 is 36.1 Å². The van der Waals surface area contributed by atoms with E-state index in [0.717, 1.165) is 22.3 Å². The Balaban J connectivity index is 2.54. The highest BCUT2D eigenvalue weighted by Gasteiger charge is 2.50. The first-order chi connectivity index (χ1) is 26.5. The van der Waals surface area contributed by atoms with Crippen LogP contribution in [0.5, 0.6) is 0 Å². The number of fused-ring (bicyclic) bond motifs is 1. The van der Waals surface area contributed by atoms with Crippen molar-refractivity contribution in [2.45, 2.75) is 111 Å². The van der Waals surface area contributed by atoms with Crippen molar-refractivity contribution in [3.63, 3.8) is 0 Å². The zero-order chi connectivity index (χ0) is 41.9. The van der Waals surface area contributed by atoms with Crippen molar-refractivity contribution in [1.29, 1.82) is 0 Å². The summed E-state index contributed by atoms with van der Waals surface area (Å²) in [6, 6.07) is 0. The van der Waals surface area contributed by atoms with Gasteiger partial charge < -0.3 is 28.8 Å². The highest BCUT2D eigenvalue weighted by Crippen LogP contribution is 2.38. The van der Waals surface area contributed by atoms with Gasteiger partial charge in [0.25, 0.3) is 0 Å². The predicted molar refractivity (Wildman–Crippen MR) is 211 cm³/mol. The molecule has 1 N–H and O–H groups in total. The van der Waals surface area contributed by atoms with Crippen LogP contribution in [0, 0.1) is 11.8 Å². The van der Waals surface area contributed by atoms with Crippen molar-refractivity contribution in [3.8, 4) is 0 Å². The molecular formula is C44H58O12. The molecule has 56 heavy (non-hydrogen) atoms.